The largest absolute Gasteiger partial charge is 0.454 e. The first-order chi connectivity index (χ1) is 6.67. The summed E-state index contributed by atoms with van der Waals surface area (Å²) in [5.41, 5.74) is -0.0645. The van der Waals surface area contributed by atoms with Gasteiger partial charge >= 0.3 is 0 Å². The number of hydrogen-bond acceptors (Lipinski definition) is 3. The van der Waals surface area contributed by atoms with E-state index >= 15 is 0 Å². The average molecular weight is 240 g/mol. The molecule has 0 heterocycles. The monoisotopic (exact) mass is 240 g/mol. The smallest absolute Gasteiger partial charge is 0.190 e. The third-order valence-electron chi connectivity index (χ3n) is 3.00. The molecule has 0 aliphatic carbocycles. The molecule has 15 heavy (non-hydrogen) atoms. The van der Waals surface area contributed by atoms with Gasteiger partial charge in [0, 0.05) is 0 Å². The van der Waals surface area contributed by atoms with E-state index in [-0.39, 0.29) is 11.1 Å². The standard InChI is InChI=1S/C10H20N2OSi2/c1-9(7-11)14(3,4)13-15(5,6)10(2)8-12/h9-10H,1-6H3. The van der Waals surface area contributed by atoms with Crippen LogP contribution in [0.15, 0.2) is 0 Å². The van der Waals surface area contributed by atoms with E-state index in [9.17, 15) is 0 Å². The number of nitrogens with zero attached hydrogens (tertiary/aromatic N) is 2. The summed E-state index contributed by atoms with van der Waals surface area (Å²) in [7, 11) is -3.94. The lowest BCUT2D eigenvalue weighted by atomic mass is 10.5. The highest BCUT2D eigenvalue weighted by Gasteiger charge is 2.40. The molecule has 2 unspecified atom stereocenters. The zero-order valence-electron chi connectivity index (χ0n) is 10.5. The molecule has 0 aromatic heterocycles. The minimum Gasteiger partial charge on any atom is -0.454 e. The summed E-state index contributed by atoms with van der Waals surface area (Å²) in [6, 6.07) is 4.52. The Morgan fingerprint density at radius 3 is 1.33 bits per heavy atom. The maximum atomic E-state index is 8.92. The van der Waals surface area contributed by atoms with Gasteiger partial charge in [-0.25, -0.2) is 0 Å². The summed E-state index contributed by atoms with van der Waals surface area (Å²) in [6.45, 7) is 12.0. The molecule has 0 N–H and O–H groups in total. The molecule has 2 atom stereocenters. The SMILES string of the molecule is CC(C#N)[Si](C)(C)O[Si](C)(C)C(C)C#N. The molecule has 0 fully saturated rings. The van der Waals surface area contributed by atoms with Crippen molar-refractivity contribution in [3.05, 3.63) is 0 Å². The normalized spacial score (nSPS) is 16.3. The van der Waals surface area contributed by atoms with Gasteiger partial charge in [-0.05, 0) is 40.0 Å². The Morgan fingerprint density at radius 1 is 0.867 bits per heavy atom. The van der Waals surface area contributed by atoms with Crippen LogP contribution in [0.1, 0.15) is 13.8 Å². The fourth-order valence-corrected chi connectivity index (χ4v) is 8.63. The Kier molecular flexibility index (Phi) is 4.73. The van der Waals surface area contributed by atoms with E-state index < -0.39 is 16.6 Å². The first kappa shape index (κ1) is 14.4. The minimum atomic E-state index is -1.97. The molecule has 0 amide bonds. The van der Waals surface area contributed by atoms with Crippen molar-refractivity contribution in [1.82, 2.24) is 0 Å². The Morgan fingerprint density at radius 2 is 1.13 bits per heavy atom. The van der Waals surface area contributed by atoms with E-state index in [0.29, 0.717) is 0 Å². The van der Waals surface area contributed by atoms with E-state index in [1.807, 2.05) is 13.8 Å². The maximum Gasteiger partial charge on any atom is 0.190 e. The molecule has 84 valence electrons. The van der Waals surface area contributed by atoms with Crippen LogP contribution < -0.4 is 0 Å². The van der Waals surface area contributed by atoms with Crippen LogP contribution >= 0.6 is 0 Å². The van der Waals surface area contributed by atoms with Crippen molar-refractivity contribution in [3.63, 3.8) is 0 Å². The lowest BCUT2D eigenvalue weighted by Crippen LogP contribution is -2.48. The predicted octanol–water partition coefficient (Wildman–Crippen LogP) is 3.24. The van der Waals surface area contributed by atoms with Crippen LogP contribution in [0.4, 0.5) is 0 Å². The first-order valence-corrected chi connectivity index (χ1v) is 11.1. The van der Waals surface area contributed by atoms with Crippen LogP contribution in [0.2, 0.25) is 37.3 Å². The van der Waals surface area contributed by atoms with E-state index in [1.54, 1.807) is 0 Å². The van der Waals surface area contributed by atoms with Crippen LogP contribution in [0, 0.1) is 22.7 Å². The lowest BCUT2D eigenvalue weighted by Gasteiger charge is -2.36. The molecule has 0 rings (SSSR count). The summed E-state index contributed by atoms with van der Waals surface area (Å²) < 4.78 is 6.16. The maximum absolute atomic E-state index is 8.92. The Labute approximate surface area is 94.9 Å². The molecular weight excluding hydrogens is 220 g/mol. The second kappa shape index (κ2) is 4.93. The van der Waals surface area contributed by atoms with Crippen LogP contribution in [0.3, 0.4) is 0 Å². The van der Waals surface area contributed by atoms with Crippen molar-refractivity contribution in [2.24, 2.45) is 0 Å². The fourth-order valence-electron chi connectivity index (χ4n) is 1.17. The van der Waals surface area contributed by atoms with Gasteiger partial charge in [0.05, 0.1) is 23.2 Å². The summed E-state index contributed by atoms with van der Waals surface area (Å²) in [4.78, 5) is 0. The fraction of sp³-hybridized carbons (Fsp3) is 0.800. The predicted molar refractivity (Wildman–Crippen MR) is 66.1 cm³/mol. The highest BCUT2D eigenvalue weighted by molar-refractivity contribution is 6.86. The highest BCUT2D eigenvalue weighted by Crippen LogP contribution is 2.30. The summed E-state index contributed by atoms with van der Waals surface area (Å²) in [6.07, 6.45) is 0. The summed E-state index contributed by atoms with van der Waals surface area (Å²) >= 11 is 0. The lowest BCUT2D eigenvalue weighted by molar-refractivity contribution is 0.525. The van der Waals surface area contributed by atoms with E-state index in [4.69, 9.17) is 14.6 Å². The Balaban J connectivity index is 4.74. The topological polar surface area (TPSA) is 56.8 Å². The first-order valence-electron chi connectivity index (χ1n) is 5.16. The van der Waals surface area contributed by atoms with Crippen molar-refractivity contribution < 1.29 is 4.12 Å². The summed E-state index contributed by atoms with van der Waals surface area (Å²) in [5.74, 6) is 0. The Hall–Kier alpha value is -0.626. The van der Waals surface area contributed by atoms with Crippen molar-refractivity contribution in [2.45, 2.75) is 51.1 Å². The zero-order chi connectivity index (χ0) is 12.3. The molecule has 0 aliphatic heterocycles. The molecule has 5 heteroatoms. The average Bonchev–Trinajstić information content (AvgIpc) is 2.13. The van der Waals surface area contributed by atoms with Crippen molar-refractivity contribution in [3.8, 4) is 12.1 Å². The van der Waals surface area contributed by atoms with Crippen molar-refractivity contribution in [1.29, 1.82) is 10.5 Å². The van der Waals surface area contributed by atoms with Gasteiger partial charge in [-0.15, -0.1) is 0 Å². The molecule has 0 aliphatic rings. The van der Waals surface area contributed by atoms with Gasteiger partial charge in [0.15, 0.2) is 16.6 Å². The molecule has 0 aromatic rings. The van der Waals surface area contributed by atoms with Crippen LogP contribution in [0.25, 0.3) is 0 Å². The van der Waals surface area contributed by atoms with Crippen molar-refractivity contribution >= 4 is 16.6 Å². The molecule has 0 saturated heterocycles. The third-order valence-corrected chi connectivity index (χ3v) is 11.6. The van der Waals surface area contributed by atoms with E-state index in [0.717, 1.165) is 0 Å². The van der Waals surface area contributed by atoms with Gasteiger partial charge in [-0.3, -0.25) is 0 Å². The van der Waals surface area contributed by atoms with Gasteiger partial charge in [-0.1, -0.05) is 0 Å². The number of nitriles is 2. The van der Waals surface area contributed by atoms with E-state index in [2.05, 4.69) is 38.3 Å². The summed E-state index contributed by atoms with van der Waals surface area (Å²) in [5, 5.41) is 17.8. The molecule has 0 bridgehead atoms. The van der Waals surface area contributed by atoms with Crippen LogP contribution in [0.5, 0.6) is 0 Å². The third kappa shape index (κ3) is 3.79. The quantitative estimate of drug-likeness (QED) is 0.709. The Bertz CT molecular complexity index is 272. The molecule has 0 saturated carbocycles. The van der Waals surface area contributed by atoms with Gasteiger partial charge in [0.1, 0.15) is 0 Å². The number of rotatable bonds is 4. The second-order valence-electron chi connectivity index (χ2n) is 5.01. The van der Waals surface area contributed by atoms with Gasteiger partial charge in [0.25, 0.3) is 0 Å². The van der Waals surface area contributed by atoms with Crippen molar-refractivity contribution in [2.75, 3.05) is 0 Å². The van der Waals surface area contributed by atoms with Gasteiger partial charge in [0.2, 0.25) is 0 Å². The molecular formula is C10H20N2OSi2. The molecule has 0 aromatic carbocycles. The minimum absolute atomic E-state index is 0.0323. The number of hydrogen-bond donors (Lipinski definition) is 0. The van der Waals surface area contributed by atoms with E-state index in [1.165, 1.54) is 0 Å². The molecule has 0 radical (unpaired) electrons. The zero-order valence-corrected chi connectivity index (χ0v) is 12.5. The van der Waals surface area contributed by atoms with Gasteiger partial charge in [-0.2, -0.15) is 10.5 Å². The second-order valence-corrected chi connectivity index (χ2v) is 14.0. The van der Waals surface area contributed by atoms with Crippen LogP contribution in [-0.2, 0) is 4.12 Å². The van der Waals surface area contributed by atoms with Gasteiger partial charge < -0.3 is 4.12 Å². The highest BCUT2D eigenvalue weighted by atomic mass is 28.4. The van der Waals surface area contributed by atoms with Crippen LogP contribution in [-0.4, -0.2) is 16.6 Å². The molecule has 3 nitrogen and oxygen atoms in total. The molecule has 0 spiro atoms.